The molecule has 0 heterocycles. The molecule has 0 saturated heterocycles. The molecule has 1 heteroatoms. The van der Waals surface area contributed by atoms with Gasteiger partial charge in [-0.1, -0.05) is 49.8 Å². The molecule has 15 heavy (non-hydrogen) atoms. The van der Waals surface area contributed by atoms with Gasteiger partial charge in [0, 0.05) is 6.54 Å². The second-order valence-electron chi connectivity index (χ2n) is 4.53. The van der Waals surface area contributed by atoms with Crippen molar-refractivity contribution in [2.24, 2.45) is 11.7 Å². The molecule has 0 bridgehead atoms. The molecule has 1 aromatic carbocycles. The minimum absolute atomic E-state index is 0.633. The van der Waals surface area contributed by atoms with Gasteiger partial charge in [0.15, 0.2) is 0 Å². The van der Waals surface area contributed by atoms with Crippen molar-refractivity contribution in [2.75, 3.05) is 6.54 Å². The average Bonchev–Trinajstić information content (AvgIpc) is 2.20. The molecular weight excluding hydrogens is 182 g/mol. The van der Waals surface area contributed by atoms with Gasteiger partial charge in [0.1, 0.15) is 0 Å². The standard InChI is InChI=1S/C14H21N/c1-11(2)8-13-4-6-14(7-5-13)9-12(3)10-15/h4-7,9,11H,8,10,15H2,1-3H3. The van der Waals surface area contributed by atoms with E-state index in [1.807, 2.05) is 0 Å². The maximum absolute atomic E-state index is 5.55. The SMILES string of the molecule is CC(=Cc1ccc(CC(C)C)cc1)CN. The van der Waals surface area contributed by atoms with Crippen molar-refractivity contribution in [2.45, 2.75) is 27.2 Å². The lowest BCUT2D eigenvalue weighted by Crippen LogP contribution is -1.99. The van der Waals surface area contributed by atoms with Crippen LogP contribution in [-0.2, 0) is 6.42 Å². The molecule has 0 aliphatic heterocycles. The molecule has 0 unspecified atom stereocenters. The van der Waals surface area contributed by atoms with Crippen LogP contribution in [0.15, 0.2) is 29.8 Å². The Bertz CT molecular complexity index is 320. The van der Waals surface area contributed by atoms with Crippen LogP contribution < -0.4 is 5.73 Å². The monoisotopic (exact) mass is 203 g/mol. The molecule has 0 aliphatic carbocycles. The minimum atomic E-state index is 0.633. The molecule has 1 aromatic rings. The van der Waals surface area contributed by atoms with Gasteiger partial charge in [-0.15, -0.1) is 0 Å². The van der Waals surface area contributed by atoms with Gasteiger partial charge >= 0.3 is 0 Å². The largest absolute Gasteiger partial charge is 0.327 e. The zero-order chi connectivity index (χ0) is 11.3. The molecule has 0 atom stereocenters. The van der Waals surface area contributed by atoms with Crippen LogP contribution in [0.2, 0.25) is 0 Å². The molecule has 0 saturated carbocycles. The first kappa shape index (κ1) is 12.0. The van der Waals surface area contributed by atoms with Gasteiger partial charge in [-0.2, -0.15) is 0 Å². The second kappa shape index (κ2) is 5.72. The molecule has 0 amide bonds. The number of nitrogens with two attached hydrogens (primary N) is 1. The first-order valence-electron chi connectivity index (χ1n) is 5.58. The fourth-order valence-corrected chi connectivity index (χ4v) is 1.56. The normalized spacial score (nSPS) is 12.2. The van der Waals surface area contributed by atoms with Crippen LogP contribution in [-0.4, -0.2) is 6.54 Å². The van der Waals surface area contributed by atoms with Crippen LogP contribution in [0.1, 0.15) is 31.9 Å². The molecule has 1 nitrogen and oxygen atoms in total. The maximum atomic E-state index is 5.55. The average molecular weight is 203 g/mol. The summed E-state index contributed by atoms with van der Waals surface area (Å²) in [4.78, 5) is 0. The molecule has 0 aliphatic rings. The number of rotatable bonds is 4. The Morgan fingerprint density at radius 3 is 2.33 bits per heavy atom. The van der Waals surface area contributed by atoms with Crippen LogP contribution in [0.25, 0.3) is 6.08 Å². The van der Waals surface area contributed by atoms with Gasteiger partial charge in [0.2, 0.25) is 0 Å². The smallest absolute Gasteiger partial charge is 0.0137 e. The van der Waals surface area contributed by atoms with Gasteiger partial charge in [0.25, 0.3) is 0 Å². The van der Waals surface area contributed by atoms with Crippen LogP contribution in [0.5, 0.6) is 0 Å². The van der Waals surface area contributed by atoms with E-state index >= 15 is 0 Å². The summed E-state index contributed by atoms with van der Waals surface area (Å²) in [6.07, 6.45) is 3.29. The third-order valence-corrected chi connectivity index (χ3v) is 2.36. The van der Waals surface area contributed by atoms with E-state index in [9.17, 15) is 0 Å². The molecule has 2 N–H and O–H groups in total. The highest BCUT2D eigenvalue weighted by Gasteiger charge is 1.97. The summed E-state index contributed by atoms with van der Waals surface area (Å²) in [5.74, 6) is 0.720. The third kappa shape index (κ3) is 4.30. The summed E-state index contributed by atoms with van der Waals surface area (Å²) >= 11 is 0. The molecule has 0 spiro atoms. The summed E-state index contributed by atoms with van der Waals surface area (Å²) in [6.45, 7) is 7.18. The van der Waals surface area contributed by atoms with Crippen molar-refractivity contribution in [1.82, 2.24) is 0 Å². The summed E-state index contributed by atoms with van der Waals surface area (Å²) in [7, 11) is 0. The maximum Gasteiger partial charge on any atom is 0.0137 e. The van der Waals surface area contributed by atoms with Crippen LogP contribution in [0, 0.1) is 5.92 Å². The Balaban J connectivity index is 2.72. The summed E-state index contributed by atoms with van der Waals surface area (Å²) in [6, 6.07) is 8.74. The predicted octanol–water partition coefficient (Wildman–Crippen LogP) is 3.25. The quantitative estimate of drug-likeness (QED) is 0.798. The second-order valence-corrected chi connectivity index (χ2v) is 4.53. The van der Waals surface area contributed by atoms with Gasteiger partial charge in [0.05, 0.1) is 0 Å². The van der Waals surface area contributed by atoms with Crippen LogP contribution in [0.3, 0.4) is 0 Å². The summed E-state index contributed by atoms with van der Waals surface area (Å²) in [5.41, 5.74) is 9.41. The van der Waals surface area contributed by atoms with E-state index in [0.717, 1.165) is 12.3 Å². The Kier molecular flexibility index (Phi) is 4.57. The molecule has 0 radical (unpaired) electrons. The van der Waals surface area contributed by atoms with Crippen molar-refractivity contribution < 1.29 is 0 Å². The Morgan fingerprint density at radius 1 is 1.27 bits per heavy atom. The van der Waals surface area contributed by atoms with E-state index in [0.29, 0.717) is 6.54 Å². The lowest BCUT2D eigenvalue weighted by Gasteiger charge is -2.05. The molecule has 1 rings (SSSR count). The van der Waals surface area contributed by atoms with Crippen molar-refractivity contribution in [3.05, 3.63) is 41.0 Å². The highest BCUT2D eigenvalue weighted by molar-refractivity contribution is 5.53. The number of hydrogen-bond acceptors (Lipinski definition) is 1. The van der Waals surface area contributed by atoms with Gasteiger partial charge in [-0.05, 0) is 30.4 Å². The Morgan fingerprint density at radius 2 is 1.87 bits per heavy atom. The number of benzene rings is 1. The summed E-state index contributed by atoms with van der Waals surface area (Å²) in [5, 5.41) is 0. The van der Waals surface area contributed by atoms with Crippen molar-refractivity contribution in [1.29, 1.82) is 0 Å². The lowest BCUT2D eigenvalue weighted by molar-refractivity contribution is 0.647. The van der Waals surface area contributed by atoms with E-state index in [-0.39, 0.29) is 0 Å². The zero-order valence-electron chi connectivity index (χ0n) is 9.96. The van der Waals surface area contributed by atoms with Gasteiger partial charge < -0.3 is 5.73 Å². The Hall–Kier alpha value is -1.08. The van der Waals surface area contributed by atoms with Crippen LogP contribution in [0.4, 0.5) is 0 Å². The fourth-order valence-electron chi connectivity index (χ4n) is 1.56. The summed E-state index contributed by atoms with van der Waals surface area (Å²) < 4.78 is 0. The Labute approximate surface area is 93.0 Å². The van der Waals surface area contributed by atoms with E-state index < -0.39 is 0 Å². The first-order valence-corrected chi connectivity index (χ1v) is 5.58. The van der Waals surface area contributed by atoms with Crippen molar-refractivity contribution in [3.63, 3.8) is 0 Å². The van der Waals surface area contributed by atoms with Crippen molar-refractivity contribution in [3.8, 4) is 0 Å². The highest BCUT2D eigenvalue weighted by atomic mass is 14.5. The van der Waals surface area contributed by atoms with E-state index in [4.69, 9.17) is 5.73 Å². The fraction of sp³-hybridized carbons (Fsp3) is 0.429. The zero-order valence-corrected chi connectivity index (χ0v) is 9.96. The first-order chi connectivity index (χ1) is 7.11. The predicted molar refractivity (Wildman–Crippen MR) is 67.7 cm³/mol. The molecular formula is C14H21N. The van der Waals surface area contributed by atoms with Gasteiger partial charge in [-0.3, -0.25) is 0 Å². The molecule has 0 fully saturated rings. The van der Waals surface area contributed by atoms with Crippen LogP contribution >= 0.6 is 0 Å². The lowest BCUT2D eigenvalue weighted by atomic mass is 10.0. The van der Waals surface area contributed by atoms with E-state index in [1.165, 1.54) is 16.7 Å². The van der Waals surface area contributed by atoms with Crippen molar-refractivity contribution >= 4 is 6.08 Å². The highest BCUT2D eigenvalue weighted by Crippen LogP contribution is 2.11. The van der Waals surface area contributed by atoms with Gasteiger partial charge in [-0.25, -0.2) is 0 Å². The van der Waals surface area contributed by atoms with E-state index in [1.54, 1.807) is 0 Å². The topological polar surface area (TPSA) is 26.0 Å². The minimum Gasteiger partial charge on any atom is -0.327 e. The van der Waals surface area contributed by atoms with E-state index in [2.05, 4.69) is 51.1 Å². The molecule has 82 valence electrons. The third-order valence-electron chi connectivity index (χ3n) is 2.36. The molecule has 0 aromatic heterocycles. The number of hydrogen-bond donors (Lipinski definition) is 1.